The SMILES string of the molecule is CCn1nc(CC(NN)c2cccs2)c2ccccc21. The predicted molar refractivity (Wildman–Crippen MR) is 83.5 cm³/mol. The second kappa shape index (κ2) is 5.75. The largest absolute Gasteiger partial charge is 0.271 e. The quantitative estimate of drug-likeness (QED) is 0.560. The van der Waals surface area contributed by atoms with Crippen molar-refractivity contribution in [3.05, 3.63) is 52.3 Å². The van der Waals surface area contributed by atoms with E-state index in [9.17, 15) is 0 Å². The fourth-order valence-corrected chi connectivity index (χ4v) is 3.30. The Bertz CT molecular complexity index is 687. The van der Waals surface area contributed by atoms with Crippen LogP contribution in [0.15, 0.2) is 41.8 Å². The molecule has 0 bridgehead atoms. The maximum Gasteiger partial charge on any atom is 0.0723 e. The third-order valence-electron chi connectivity index (χ3n) is 3.52. The van der Waals surface area contributed by atoms with Crippen LogP contribution in [0, 0.1) is 0 Å². The van der Waals surface area contributed by atoms with Gasteiger partial charge in [0.05, 0.1) is 17.3 Å². The number of hydrogen-bond donors (Lipinski definition) is 2. The van der Waals surface area contributed by atoms with Crippen molar-refractivity contribution in [3.63, 3.8) is 0 Å². The molecule has 4 nitrogen and oxygen atoms in total. The summed E-state index contributed by atoms with van der Waals surface area (Å²) in [6, 6.07) is 12.6. The zero-order valence-electron chi connectivity index (χ0n) is 11.4. The number of nitrogens with two attached hydrogens (primary N) is 1. The molecule has 1 aromatic carbocycles. The molecule has 2 heterocycles. The average molecular weight is 286 g/mol. The maximum atomic E-state index is 5.72. The standard InChI is InChI=1S/C15H18N4S/c1-2-19-14-7-4-3-6-11(14)12(18-19)10-13(17-16)15-8-5-9-20-15/h3-9,13,17H,2,10,16H2,1H3. The third kappa shape index (κ3) is 2.35. The summed E-state index contributed by atoms with van der Waals surface area (Å²) in [5, 5.41) is 8.02. The van der Waals surface area contributed by atoms with E-state index in [1.165, 1.54) is 15.8 Å². The summed E-state index contributed by atoms with van der Waals surface area (Å²) >= 11 is 1.72. The Balaban J connectivity index is 1.98. The lowest BCUT2D eigenvalue weighted by molar-refractivity contribution is 0.547. The van der Waals surface area contributed by atoms with Gasteiger partial charge in [-0.2, -0.15) is 5.10 Å². The molecule has 3 N–H and O–H groups in total. The van der Waals surface area contributed by atoms with E-state index in [1.807, 2.05) is 10.7 Å². The molecule has 0 radical (unpaired) electrons. The van der Waals surface area contributed by atoms with E-state index in [4.69, 9.17) is 10.9 Å². The molecule has 104 valence electrons. The minimum absolute atomic E-state index is 0.110. The van der Waals surface area contributed by atoms with Gasteiger partial charge in [-0.3, -0.25) is 16.0 Å². The van der Waals surface area contributed by atoms with Crippen molar-refractivity contribution >= 4 is 22.2 Å². The molecule has 0 aliphatic carbocycles. The van der Waals surface area contributed by atoms with E-state index in [0.29, 0.717) is 0 Å². The van der Waals surface area contributed by atoms with E-state index in [1.54, 1.807) is 11.3 Å². The summed E-state index contributed by atoms with van der Waals surface area (Å²) in [5.74, 6) is 5.72. The topological polar surface area (TPSA) is 55.9 Å². The number of rotatable bonds is 5. The minimum Gasteiger partial charge on any atom is -0.271 e. The lowest BCUT2D eigenvalue weighted by atomic mass is 10.1. The second-order valence-corrected chi connectivity index (χ2v) is 5.70. The minimum atomic E-state index is 0.110. The van der Waals surface area contributed by atoms with E-state index in [-0.39, 0.29) is 6.04 Å². The highest BCUT2D eigenvalue weighted by atomic mass is 32.1. The highest BCUT2D eigenvalue weighted by molar-refractivity contribution is 7.10. The first-order valence-electron chi connectivity index (χ1n) is 6.77. The van der Waals surface area contributed by atoms with Crippen molar-refractivity contribution < 1.29 is 0 Å². The molecule has 0 aliphatic heterocycles. The molecule has 0 amide bonds. The summed E-state index contributed by atoms with van der Waals surface area (Å²) in [4.78, 5) is 1.24. The Hall–Kier alpha value is -1.69. The van der Waals surface area contributed by atoms with Crippen LogP contribution in [0.2, 0.25) is 0 Å². The molecular weight excluding hydrogens is 268 g/mol. The van der Waals surface area contributed by atoms with E-state index < -0.39 is 0 Å². The van der Waals surface area contributed by atoms with Crippen LogP contribution in [0.25, 0.3) is 10.9 Å². The van der Waals surface area contributed by atoms with Gasteiger partial charge in [0.15, 0.2) is 0 Å². The first-order chi connectivity index (χ1) is 9.83. The predicted octanol–water partition coefficient (Wildman–Crippen LogP) is 2.86. The van der Waals surface area contributed by atoms with Crippen LogP contribution < -0.4 is 11.3 Å². The molecule has 1 unspecified atom stereocenters. The number of aryl methyl sites for hydroxylation is 1. The van der Waals surface area contributed by atoms with Crippen molar-refractivity contribution in [2.45, 2.75) is 25.9 Å². The molecule has 3 rings (SSSR count). The lowest BCUT2D eigenvalue weighted by Crippen LogP contribution is -2.29. The number of hydrazine groups is 1. The van der Waals surface area contributed by atoms with Gasteiger partial charge >= 0.3 is 0 Å². The van der Waals surface area contributed by atoms with Gasteiger partial charge in [-0.1, -0.05) is 24.3 Å². The van der Waals surface area contributed by atoms with Gasteiger partial charge in [-0.05, 0) is 24.4 Å². The molecule has 0 aliphatic rings. The fourth-order valence-electron chi connectivity index (χ4n) is 2.51. The van der Waals surface area contributed by atoms with E-state index in [0.717, 1.165) is 18.7 Å². The summed E-state index contributed by atoms with van der Waals surface area (Å²) in [6.07, 6.45) is 0.796. The van der Waals surface area contributed by atoms with Crippen LogP contribution in [0.5, 0.6) is 0 Å². The Kier molecular flexibility index (Phi) is 3.82. The highest BCUT2D eigenvalue weighted by Gasteiger charge is 2.16. The highest BCUT2D eigenvalue weighted by Crippen LogP contribution is 2.26. The van der Waals surface area contributed by atoms with Crippen LogP contribution >= 0.6 is 11.3 Å². The van der Waals surface area contributed by atoms with Gasteiger partial charge in [0, 0.05) is 23.2 Å². The molecule has 0 fully saturated rings. The molecule has 0 saturated carbocycles. The van der Waals surface area contributed by atoms with Crippen LogP contribution in [0.1, 0.15) is 23.5 Å². The van der Waals surface area contributed by atoms with Crippen molar-refractivity contribution in [1.29, 1.82) is 0 Å². The fraction of sp³-hybridized carbons (Fsp3) is 0.267. The summed E-state index contributed by atoms with van der Waals surface area (Å²) in [6.45, 7) is 2.99. The Labute approximate surface area is 122 Å². The first-order valence-corrected chi connectivity index (χ1v) is 7.65. The van der Waals surface area contributed by atoms with E-state index in [2.05, 4.69) is 48.1 Å². The van der Waals surface area contributed by atoms with Crippen LogP contribution in [-0.2, 0) is 13.0 Å². The molecule has 3 aromatic rings. The van der Waals surface area contributed by atoms with Gasteiger partial charge in [-0.15, -0.1) is 11.3 Å². The van der Waals surface area contributed by atoms with Crippen LogP contribution in [-0.4, -0.2) is 9.78 Å². The molecule has 0 saturated heterocycles. The normalized spacial score (nSPS) is 12.9. The smallest absolute Gasteiger partial charge is 0.0723 e. The number of benzene rings is 1. The molecule has 2 aromatic heterocycles. The number of fused-ring (bicyclic) bond motifs is 1. The summed E-state index contributed by atoms with van der Waals surface area (Å²) < 4.78 is 2.05. The number of hydrogen-bond acceptors (Lipinski definition) is 4. The molecule has 0 spiro atoms. The Morgan fingerprint density at radius 1 is 1.30 bits per heavy atom. The maximum absolute atomic E-state index is 5.72. The number of para-hydroxylation sites is 1. The van der Waals surface area contributed by atoms with Gasteiger partial charge in [0.1, 0.15) is 0 Å². The number of thiophene rings is 1. The first kappa shape index (κ1) is 13.3. The van der Waals surface area contributed by atoms with Gasteiger partial charge in [0.2, 0.25) is 0 Å². The second-order valence-electron chi connectivity index (χ2n) is 4.72. The lowest BCUT2D eigenvalue weighted by Gasteiger charge is -2.12. The van der Waals surface area contributed by atoms with Crippen LogP contribution in [0.4, 0.5) is 0 Å². The number of nitrogens with zero attached hydrogens (tertiary/aromatic N) is 2. The monoisotopic (exact) mass is 286 g/mol. The zero-order chi connectivity index (χ0) is 13.9. The Morgan fingerprint density at radius 3 is 2.85 bits per heavy atom. The zero-order valence-corrected chi connectivity index (χ0v) is 12.2. The third-order valence-corrected chi connectivity index (χ3v) is 4.51. The number of nitrogens with one attached hydrogen (secondary N) is 1. The molecular formula is C15H18N4S. The number of aromatic nitrogens is 2. The van der Waals surface area contributed by atoms with Crippen molar-refractivity contribution in [1.82, 2.24) is 15.2 Å². The summed E-state index contributed by atoms with van der Waals surface area (Å²) in [7, 11) is 0. The van der Waals surface area contributed by atoms with Crippen LogP contribution in [0.3, 0.4) is 0 Å². The summed E-state index contributed by atoms with van der Waals surface area (Å²) in [5.41, 5.74) is 5.19. The van der Waals surface area contributed by atoms with Crippen molar-refractivity contribution in [3.8, 4) is 0 Å². The van der Waals surface area contributed by atoms with E-state index >= 15 is 0 Å². The van der Waals surface area contributed by atoms with Crippen molar-refractivity contribution in [2.24, 2.45) is 5.84 Å². The van der Waals surface area contributed by atoms with Gasteiger partial charge < -0.3 is 0 Å². The van der Waals surface area contributed by atoms with Gasteiger partial charge in [-0.25, -0.2) is 0 Å². The van der Waals surface area contributed by atoms with Gasteiger partial charge in [0.25, 0.3) is 0 Å². The Morgan fingerprint density at radius 2 is 2.15 bits per heavy atom. The molecule has 5 heteroatoms. The van der Waals surface area contributed by atoms with Crippen molar-refractivity contribution in [2.75, 3.05) is 0 Å². The molecule has 20 heavy (non-hydrogen) atoms. The average Bonchev–Trinajstić information content (AvgIpc) is 3.13. The molecule has 1 atom stereocenters.